The summed E-state index contributed by atoms with van der Waals surface area (Å²) in [5.41, 5.74) is -1.65. The van der Waals surface area contributed by atoms with Crippen molar-refractivity contribution in [1.29, 1.82) is 0 Å². The highest BCUT2D eigenvalue weighted by molar-refractivity contribution is 7.92. The van der Waals surface area contributed by atoms with Gasteiger partial charge in [0, 0.05) is 0 Å². The van der Waals surface area contributed by atoms with Crippen molar-refractivity contribution in [1.82, 2.24) is 0 Å². The van der Waals surface area contributed by atoms with Crippen LogP contribution in [0.3, 0.4) is 0 Å². The second-order valence-electron chi connectivity index (χ2n) is 5.78. The maximum absolute atomic E-state index is 14.3. The molecule has 0 aromatic heterocycles. The maximum Gasteiger partial charge on any atom is 0.262 e. The molecule has 0 fully saturated rings. The van der Waals surface area contributed by atoms with E-state index in [9.17, 15) is 30.8 Å². The normalized spacial score (nSPS) is 11.2. The lowest BCUT2D eigenvalue weighted by Crippen LogP contribution is -2.17. The van der Waals surface area contributed by atoms with E-state index in [4.69, 9.17) is 0 Å². The predicted octanol–water partition coefficient (Wildman–Crippen LogP) is 4.30. The quantitative estimate of drug-likeness (QED) is 0.600. The van der Waals surface area contributed by atoms with Crippen LogP contribution in [-0.4, -0.2) is 14.3 Å². The lowest BCUT2D eigenvalue weighted by molar-refractivity contribution is 0.102. The van der Waals surface area contributed by atoms with Crippen LogP contribution >= 0.6 is 0 Å². The molecule has 0 bridgehead atoms. The van der Waals surface area contributed by atoms with Crippen LogP contribution < -0.4 is 10.0 Å². The van der Waals surface area contributed by atoms with Gasteiger partial charge in [-0.2, -0.15) is 0 Å². The highest BCUT2D eigenvalue weighted by atomic mass is 32.2. The molecule has 3 aromatic carbocycles. The van der Waals surface area contributed by atoms with Gasteiger partial charge >= 0.3 is 0 Å². The third-order valence-electron chi connectivity index (χ3n) is 3.82. The van der Waals surface area contributed by atoms with E-state index in [-0.39, 0.29) is 5.56 Å². The molecule has 5 nitrogen and oxygen atoms in total. The first-order valence-corrected chi connectivity index (χ1v) is 9.49. The van der Waals surface area contributed by atoms with Gasteiger partial charge in [-0.1, -0.05) is 18.2 Å². The molecule has 0 heterocycles. The Morgan fingerprint density at radius 3 is 2.00 bits per heavy atom. The van der Waals surface area contributed by atoms with Crippen LogP contribution in [0.15, 0.2) is 65.6 Å². The molecule has 29 heavy (non-hydrogen) atoms. The summed E-state index contributed by atoms with van der Waals surface area (Å²) in [5.74, 6) is -5.21. The summed E-state index contributed by atoms with van der Waals surface area (Å²) in [6, 6.07) is 10.2. The van der Waals surface area contributed by atoms with Gasteiger partial charge in [0.1, 0.15) is 29.0 Å². The van der Waals surface area contributed by atoms with Crippen molar-refractivity contribution >= 4 is 27.3 Å². The first-order chi connectivity index (χ1) is 13.7. The van der Waals surface area contributed by atoms with Gasteiger partial charge in [0.05, 0.1) is 16.1 Å². The summed E-state index contributed by atoms with van der Waals surface area (Å²) in [4.78, 5) is 11.4. The highest BCUT2D eigenvalue weighted by Gasteiger charge is 2.21. The zero-order valence-electron chi connectivity index (χ0n) is 14.4. The number of anilines is 2. The Kier molecular flexibility index (Phi) is 5.55. The van der Waals surface area contributed by atoms with Gasteiger partial charge < -0.3 is 5.32 Å². The van der Waals surface area contributed by atoms with Gasteiger partial charge in [-0.3, -0.25) is 9.52 Å². The van der Waals surface area contributed by atoms with Gasteiger partial charge in [0.2, 0.25) is 0 Å². The molecule has 2 N–H and O–H groups in total. The van der Waals surface area contributed by atoms with Gasteiger partial charge in [-0.25, -0.2) is 26.0 Å². The monoisotopic (exact) mass is 424 g/mol. The third-order valence-corrected chi connectivity index (χ3v) is 5.16. The lowest BCUT2D eigenvalue weighted by Gasteiger charge is -2.12. The van der Waals surface area contributed by atoms with Crippen molar-refractivity contribution < 1.29 is 30.8 Å². The molecular formula is C19H12F4N2O3S. The van der Waals surface area contributed by atoms with E-state index in [0.717, 1.165) is 36.4 Å². The Labute approximate surface area is 163 Å². The van der Waals surface area contributed by atoms with Crippen LogP contribution in [0.5, 0.6) is 0 Å². The van der Waals surface area contributed by atoms with Crippen LogP contribution in [-0.2, 0) is 10.0 Å². The number of halogens is 4. The molecule has 150 valence electrons. The second-order valence-corrected chi connectivity index (χ2v) is 7.46. The van der Waals surface area contributed by atoms with E-state index < -0.39 is 55.5 Å². The maximum atomic E-state index is 14.3. The molecule has 0 unspecified atom stereocenters. The molecule has 0 spiro atoms. The second kappa shape index (κ2) is 7.92. The highest BCUT2D eigenvalue weighted by Crippen LogP contribution is 2.25. The lowest BCUT2D eigenvalue weighted by atomic mass is 10.2. The summed E-state index contributed by atoms with van der Waals surface area (Å²) in [6.07, 6.45) is 0. The number of carbonyl (C=O) groups is 1. The minimum Gasteiger partial charge on any atom is -0.319 e. The number of sulfonamides is 1. The van der Waals surface area contributed by atoms with Crippen molar-refractivity contribution in [3.05, 3.63) is 89.5 Å². The molecular weight excluding hydrogens is 412 g/mol. The molecule has 0 radical (unpaired) electrons. The van der Waals surface area contributed by atoms with Crippen LogP contribution in [0.2, 0.25) is 0 Å². The van der Waals surface area contributed by atoms with Crippen LogP contribution in [0.25, 0.3) is 0 Å². The number of carbonyl (C=O) groups excluding carboxylic acids is 1. The minimum atomic E-state index is -4.53. The molecule has 10 heteroatoms. The zero-order valence-corrected chi connectivity index (χ0v) is 15.2. The van der Waals surface area contributed by atoms with E-state index in [1.807, 2.05) is 0 Å². The van der Waals surface area contributed by atoms with Crippen molar-refractivity contribution in [2.45, 2.75) is 4.90 Å². The number of para-hydroxylation sites is 1. The van der Waals surface area contributed by atoms with Crippen molar-refractivity contribution in [3.63, 3.8) is 0 Å². The van der Waals surface area contributed by atoms with E-state index in [0.29, 0.717) is 6.07 Å². The number of benzene rings is 3. The van der Waals surface area contributed by atoms with Crippen molar-refractivity contribution in [2.75, 3.05) is 10.0 Å². The largest absolute Gasteiger partial charge is 0.319 e. The fraction of sp³-hybridized carbons (Fsp3) is 0. The van der Waals surface area contributed by atoms with E-state index in [2.05, 4.69) is 5.32 Å². The predicted molar refractivity (Wildman–Crippen MR) is 97.9 cm³/mol. The van der Waals surface area contributed by atoms with Crippen LogP contribution in [0.1, 0.15) is 10.4 Å². The van der Waals surface area contributed by atoms with Gasteiger partial charge in [0.15, 0.2) is 0 Å². The SMILES string of the molecule is O=C(Nc1ccc(S(=O)(=O)Nc2c(F)cccc2F)cc1F)c1ccccc1F. The van der Waals surface area contributed by atoms with Gasteiger partial charge in [-0.05, 0) is 42.5 Å². The molecule has 3 aromatic rings. The van der Waals surface area contributed by atoms with E-state index >= 15 is 0 Å². The van der Waals surface area contributed by atoms with Crippen LogP contribution in [0.4, 0.5) is 28.9 Å². The summed E-state index contributed by atoms with van der Waals surface area (Å²) >= 11 is 0. The number of hydrogen-bond donors (Lipinski definition) is 2. The number of amides is 1. The number of hydrogen-bond acceptors (Lipinski definition) is 3. The Morgan fingerprint density at radius 1 is 0.759 bits per heavy atom. The average molecular weight is 424 g/mol. The van der Waals surface area contributed by atoms with Gasteiger partial charge in [-0.15, -0.1) is 0 Å². The van der Waals surface area contributed by atoms with E-state index in [1.54, 1.807) is 4.72 Å². The molecule has 1 amide bonds. The zero-order chi connectivity index (χ0) is 21.2. The summed E-state index contributed by atoms with van der Waals surface area (Å²) in [7, 11) is -4.53. The third kappa shape index (κ3) is 4.37. The summed E-state index contributed by atoms with van der Waals surface area (Å²) < 4.78 is 81.6. The first-order valence-electron chi connectivity index (χ1n) is 8.01. The molecule has 0 aliphatic carbocycles. The Morgan fingerprint density at radius 2 is 1.38 bits per heavy atom. The van der Waals surface area contributed by atoms with Crippen molar-refractivity contribution in [2.24, 2.45) is 0 Å². The Hall–Kier alpha value is -3.40. The standard InChI is InChI=1S/C19H12F4N2O3S/c20-13-5-2-1-4-12(13)19(26)24-17-9-8-11(10-16(17)23)29(27,28)25-18-14(21)6-3-7-15(18)22/h1-10,25H,(H,24,26). The Balaban J connectivity index is 1.85. The molecule has 0 saturated heterocycles. The summed E-state index contributed by atoms with van der Waals surface area (Å²) in [6.45, 7) is 0. The summed E-state index contributed by atoms with van der Waals surface area (Å²) in [5, 5.41) is 2.12. The average Bonchev–Trinajstić information content (AvgIpc) is 2.66. The smallest absolute Gasteiger partial charge is 0.262 e. The number of nitrogens with one attached hydrogen (secondary N) is 2. The molecule has 0 aliphatic heterocycles. The van der Waals surface area contributed by atoms with Crippen LogP contribution in [0, 0.1) is 23.3 Å². The first kappa shape index (κ1) is 20.3. The molecule has 0 aliphatic rings. The molecule has 0 atom stereocenters. The number of rotatable bonds is 5. The van der Waals surface area contributed by atoms with Gasteiger partial charge in [0.25, 0.3) is 15.9 Å². The molecule has 3 rings (SSSR count). The van der Waals surface area contributed by atoms with E-state index in [1.165, 1.54) is 18.2 Å². The Bertz CT molecular complexity index is 1180. The topological polar surface area (TPSA) is 75.3 Å². The minimum absolute atomic E-state index is 0.333. The van der Waals surface area contributed by atoms with Crippen molar-refractivity contribution in [3.8, 4) is 0 Å². The fourth-order valence-corrected chi connectivity index (χ4v) is 3.48. The fourth-order valence-electron chi connectivity index (χ4n) is 2.39. The molecule has 0 saturated carbocycles.